The van der Waals surface area contributed by atoms with Gasteiger partial charge in [-0.15, -0.1) is 0 Å². The van der Waals surface area contributed by atoms with E-state index in [1.54, 1.807) is 6.07 Å². The Morgan fingerprint density at radius 1 is 1.08 bits per heavy atom. The topological polar surface area (TPSA) is 71.8 Å². The Morgan fingerprint density at radius 2 is 1.88 bits per heavy atom. The van der Waals surface area contributed by atoms with E-state index in [1.165, 1.54) is 16.8 Å². The molecule has 1 fully saturated rings. The zero-order chi connectivity index (χ0) is 16.7. The molecule has 24 heavy (non-hydrogen) atoms. The predicted octanol–water partition coefficient (Wildman–Crippen LogP) is 2.06. The summed E-state index contributed by atoms with van der Waals surface area (Å²) >= 11 is 6.31. The molecule has 0 radical (unpaired) electrons. The van der Waals surface area contributed by atoms with Gasteiger partial charge in [0, 0.05) is 34.9 Å². The Labute approximate surface area is 142 Å². The number of rotatable bonds is 2. The lowest BCUT2D eigenvalue weighted by Gasteiger charge is -2.25. The molecule has 1 aliphatic heterocycles. The lowest BCUT2D eigenvalue weighted by Crippen LogP contribution is -2.29. The highest BCUT2D eigenvalue weighted by atomic mass is 35.5. The fourth-order valence-electron chi connectivity index (χ4n) is 3.42. The van der Waals surface area contributed by atoms with Crippen LogP contribution in [0.3, 0.4) is 0 Å². The Balaban J connectivity index is 1.92. The number of halogens is 1. The molecule has 1 aliphatic rings. The molecular formula is C17H17ClN4O2. The van der Waals surface area contributed by atoms with Crippen molar-refractivity contribution in [2.45, 2.75) is 18.9 Å². The average molecular weight is 345 g/mol. The van der Waals surface area contributed by atoms with Crippen molar-refractivity contribution >= 4 is 22.5 Å². The minimum atomic E-state index is -0.472. The molecule has 0 spiro atoms. The third kappa shape index (κ3) is 2.57. The van der Waals surface area contributed by atoms with Gasteiger partial charge < -0.3 is 9.88 Å². The lowest BCUT2D eigenvalue weighted by atomic mass is 10.1. The van der Waals surface area contributed by atoms with Crippen molar-refractivity contribution in [3.8, 4) is 5.69 Å². The zero-order valence-corrected chi connectivity index (χ0v) is 13.7. The van der Waals surface area contributed by atoms with Crippen LogP contribution in [0.2, 0.25) is 5.02 Å². The number of hydrogen-bond acceptors (Lipinski definition) is 3. The summed E-state index contributed by atoms with van der Waals surface area (Å²) in [6, 6.07) is 7.43. The van der Waals surface area contributed by atoms with E-state index in [0.29, 0.717) is 16.8 Å². The van der Waals surface area contributed by atoms with Gasteiger partial charge in [0.1, 0.15) is 0 Å². The predicted molar refractivity (Wildman–Crippen MR) is 94.3 cm³/mol. The molecule has 0 bridgehead atoms. The van der Waals surface area contributed by atoms with Crippen LogP contribution in [0.15, 0.2) is 46.2 Å². The number of fused-ring (bicyclic) bond motifs is 1. The molecule has 2 aromatic heterocycles. The molecule has 4 rings (SSSR count). The number of aromatic nitrogens is 3. The van der Waals surface area contributed by atoms with E-state index >= 15 is 0 Å². The molecule has 0 amide bonds. The number of piperidine rings is 1. The Morgan fingerprint density at radius 3 is 2.62 bits per heavy atom. The Kier molecular flexibility index (Phi) is 3.78. The van der Waals surface area contributed by atoms with E-state index < -0.39 is 11.2 Å². The third-order valence-corrected chi connectivity index (χ3v) is 4.78. The van der Waals surface area contributed by atoms with E-state index in [9.17, 15) is 9.59 Å². The second-order valence-electron chi connectivity index (χ2n) is 6.04. The summed E-state index contributed by atoms with van der Waals surface area (Å²) in [5.74, 6) is 0. The summed E-state index contributed by atoms with van der Waals surface area (Å²) < 4.78 is 3.66. The molecule has 124 valence electrons. The number of nitrogens with one attached hydrogen (secondary N) is 2. The van der Waals surface area contributed by atoms with Crippen LogP contribution in [0.25, 0.3) is 16.6 Å². The maximum atomic E-state index is 12.2. The highest BCUT2D eigenvalue weighted by molar-refractivity contribution is 6.31. The molecule has 0 aliphatic carbocycles. The fraction of sp³-hybridized carbons (Fsp3) is 0.294. The van der Waals surface area contributed by atoms with E-state index in [2.05, 4.69) is 21.1 Å². The van der Waals surface area contributed by atoms with Crippen molar-refractivity contribution in [3.05, 3.63) is 62.5 Å². The normalized spacial score (nSPS) is 15.9. The first-order chi connectivity index (χ1) is 11.6. The van der Waals surface area contributed by atoms with Gasteiger partial charge >= 0.3 is 5.69 Å². The SMILES string of the molecule is O=c1ccn(-c2cc(Cl)cc3c2ccn3C2CCNCC2)c(=O)[nH]1. The highest BCUT2D eigenvalue weighted by Crippen LogP contribution is 2.31. The third-order valence-electron chi connectivity index (χ3n) is 4.57. The maximum Gasteiger partial charge on any atom is 0.332 e. The first kappa shape index (κ1) is 15.2. The van der Waals surface area contributed by atoms with Gasteiger partial charge in [0.15, 0.2) is 0 Å². The van der Waals surface area contributed by atoms with Crippen molar-refractivity contribution in [2.75, 3.05) is 13.1 Å². The quantitative estimate of drug-likeness (QED) is 0.747. The highest BCUT2D eigenvalue weighted by Gasteiger charge is 2.18. The van der Waals surface area contributed by atoms with Gasteiger partial charge in [-0.05, 0) is 44.1 Å². The number of aromatic amines is 1. The molecule has 2 N–H and O–H groups in total. The standard InChI is InChI=1S/C17H17ClN4O2/c18-11-9-14-13(3-7-21(14)12-1-5-19-6-2-12)15(10-11)22-8-4-16(23)20-17(22)24/h3-4,7-10,12,19H,1-2,5-6H2,(H,20,23,24). The molecule has 7 heteroatoms. The molecule has 3 aromatic rings. The van der Waals surface area contributed by atoms with E-state index in [1.807, 2.05) is 12.1 Å². The van der Waals surface area contributed by atoms with Gasteiger partial charge in [0.2, 0.25) is 0 Å². The number of hydrogen-bond donors (Lipinski definition) is 2. The van der Waals surface area contributed by atoms with Gasteiger partial charge in [-0.3, -0.25) is 14.3 Å². The smallest absolute Gasteiger partial charge is 0.332 e. The van der Waals surface area contributed by atoms with Gasteiger partial charge in [0.05, 0.1) is 11.2 Å². The number of nitrogens with zero attached hydrogens (tertiary/aromatic N) is 2. The van der Waals surface area contributed by atoms with Crippen molar-refractivity contribution in [1.29, 1.82) is 0 Å². The van der Waals surface area contributed by atoms with Crippen LogP contribution in [0.4, 0.5) is 0 Å². The van der Waals surface area contributed by atoms with Crippen LogP contribution in [0.1, 0.15) is 18.9 Å². The summed E-state index contributed by atoms with van der Waals surface area (Å²) in [7, 11) is 0. The van der Waals surface area contributed by atoms with Crippen molar-refractivity contribution in [1.82, 2.24) is 19.4 Å². The molecule has 0 atom stereocenters. The molecular weight excluding hydrogens is 328 g/mol. The number of benzene rings is 1. The molecule has 6 nitrogen and oxygen atoms in total. The van der Waals surface area contributed by atoms with E-state index in [4.69, 9.17) is 11.6 Å². The Bertz CT molecular complexity index is 1010. The summed E-state index contributed by atoms with van der Waals surface area (Å²) in [5, 5.41) is 4.86. The van der Waals surface area contributed by atoms with Crippen LogP contribution >= 0.6 is 11.6 Å². The average Bonchev–Trinajstić information content (AvgIpc) is 2.99. The van der Waals surface area contributed by atoms with Crippen LogP contribution < -0.4 is 16.6 Å². The Hall–Kier alpha value is -2.31. The largest absolute Gasteiger partial charge is 0.344 e. The van der Waals surface area contributed by atoms with E-state index in [-0.39, 0.29) is 0 Å². The fourth-order valence-corrected chi connectivity index (χ4v) is 3.63. The minimum absolute atomic E-state index is 0.415. The van der Waals surface area contributed by atoms with Gasteiger partial charge in [-0.1, -0.05) is 11.6 Å². The van der Waals surface area contributed by atoms with Crippen molar-refractivity contribution in [2.24, 2.45) is 0 Å². The van der Waals surface area contributed by atoms with Crippen molar-refractivity contribution in [3.63, 3.8) is 0 Å². The van der Waals surface area contributed by atoms with Crippen LogP contribution in [0.5, 0.6) is 0 Å². The second-order valence-corrected chi connectivity index (χ2v) is 6.48. The molecule has 0 saturated carbocycles. The summed E-state index contributed by atoms with van der Waals surface area (Å²) in [6.07, 6.45) is 5.65. The van der Waals surface area contributed by atoms with Crippen molar-refractivity contribution < 1.29 is 0 Å². The summed E-state index contributed by atoms with van der Waals surface area (Å²) in [5.41, 5.74) is 0.788. The molecule has 1 aromatic carbocycles. The van der Waals surface area contributed by atoms with E-state index in [0.717, 1.165) is 36.8 Å². The first-order valence-corrected chi connectivity index (χ1v) is 8.34. The molecule has 3 heterocycles. The monoisotopic (exact) mass is 344 g/mol. The van der Waals surface area contributed by atoms with Crippen LogP contribution in [-0.4, -0.2) is 27.2 Å². The minimum Gasteiger partial charge on any atom is -0.344 e. The van der Waals surface area contributed by atoms with Gasteiger partial charge in [0.25, 0.3) is 5.56 Å². The lowest BCUT2D eigenvalue weighted by molar-refractivity contribution is 0.376. The molecule has 1 saturated heterocycles. The maximum absolute atomic E-state index is 12.2. The van der Waals surface area contributed by atoms with Gasteiger partial charge in [-0.25, -0.2) is 4.79 Å². The zero-order valence-electron chi connectivity index (χ0n) is 13.0. The van der Waals surface area contributed by atoms with Crippen LogP contribution in [-0.2, 0) is 0 Å². The summed E-state index contributed by atoms with van der Waals surface area (Å²) in [4.78, 5) is 25.7. The first-order valence-electron chi connectivity index (χ1n) is 7.96. The second kappa shape index (κ2) is 5.96. The van der Waals surface area contributed by atoms with Crippen LogP contribution in [0, 0.1) is 0 Å². The molecule has 0 unspecified atom stereocenters. The summed E-state index contributed by atoms with van der Waals surface area (Å²) in [6.45, 7) is 1.99. The van der Waals surface area contributed by atoms with Gasteiger partial charge in [-0.2, -0.15) is 0 Å². The number of H-pyrrole nitrogens is 1.